The van der Waals surface area contributed by atoms with Crippen LogP contribution in [-0.4, -0.2) is 36.2 Å². The van der Waals surface area contributed by atoms with E-state index in [-0.39, 0.29) is 29.3 Å². The molecule has 3 unspecified atom stereocenters. The van der Waals surface area contributed by atoms with Gasteiger partial charge in [0.15, 0.2) is 5.84 Å². The van der Waals surface area contributed by atoms with E-state index in [4.69, 9.17) is 15.7 Å². The standard InChI is InChI=1S/C13H25N3O3/c1-6-13(4,10(14)16-18)11(17)15-8-7-9(19-5)12(8,2)3/h8-9,18H,6-7H2,1-5H3,(H2,14,16)(H,15,17). The third-order valence-electron chi connectivity index (χ3n) is 4.65. The van der Waals surface area contributed by atoms with Crippen LogP contribution in [0.3, 0.4) is 0 Å². The largest absolute Gasteiger partial charge is 0.409 e. The van der Waals surface area contributed by atoms with Gasteiger partial charge >= 0.3 is 0 Å². The first-order valence-electron chi connectivity index (χ1n) is 6.55. The van der Waals surface area contributed by atoms with Crippen molar-refractivity contribution in [2.45, 2.75) is 52.7 Å². The molecule has 3 atom stereocenters. The summed E-state index contributed by atoms with van der Waals surface area (Å²) in [7, 11) is 1.68. The Bertz CT molecular complexity index is 381. The van der Waals surface area contributed by atoms with Gasteiger partial charge in [0, 0.05) is 18.6 Å². The fourth-order valence-electron chi connectivity index (χ4n) is 2.42. The summed E-state index contributed by atoms with van der Waals surface area (Å²) in [5.74, 6) is -0.272. The Balaban J connectivity index is 2.76. The van der Waals surface area contributed by atoms with Gasteiger partial charge in [-0.3, -0.25) is 4.79 Å². The second-order valence-corrected chi connectivity index (χ2v) is 5.98. The number of hydrogen-bond donors (Lipinski definition) is 3. The number of nitrogens with one attached hydrogen (secondary N) is 1. The van der Waals surface area contributed by atoms with Crippen molar-refractivity contribution in [1.82, 2.24) is 5.32 Å². The Kier molecular flexibility index (Phi) is 4.45. The minimum absolute atomic E-state index is 0.0438. The van der Waals surface area contributed by atoms with Crippen LogP contribution in [0.1, 0.15) is 40.5 Å². The van der Waals surface area contributed by atoms with Crippen LogP contribution in [0.25, 0.3) is 0 Å². The molecule has 0 spiro atoms. The minimum atomic E-state index is -0.983. The van der Waals surface area contributed by atoms with Crippen molar-refractivity contribution in [3.63, 3.8) is 0 Å². The third kappa shape index (κ3) is 2.54. The summed E-state index contributed by atoms with van der Waals surface area (Å²) in [5, 5.41) is 14.8. The molecule has 4 N–H and O–H groups in total. The lowest BCUT2D eigenvalue weighted by Gasteiger charge is -2.51. The summed E-state index contributed by atoms with van der Waals surface area (Å²) < 4.78 is 5.35. The zero-order valence-corrected chi connectivity index (χ0v) is 12.4. The third-order valence-corrected chi connectivity index (χ3v) is 4.65. The van der Waals surface area contributed by atoms with Crippen molar-refractivity contribution in [3.8, 4) is 0 Å². The molecule has 19 heavy (non-hydrogen) atoms. The first-order valence-corrected chi connectivity index (χ1v) is 6.55. The number of hydrogen-bond acceptors (Lipinski definition) is 4. The van der Waals surface area contributed by atoms with E-state index in [2.05, 4.69) is 24.3 Å². The lowest BCUT2D eigenvalue weighted by Crippen LogP contribution is -2.64. The van der Waals surface area contributed by atoms with Gasteiger partial charge in [0.05, 0.1) is 6.10 Å². The molecule has 1 saturated carbocycles. The van der Waals surface area contributed by atoms with Gasteiger partial charge in [-0.2, -0.15) is 0 Å². The highest BCUT2D eigenvalue weighted by atomic mass is 16.5. The smallest absolute Gasteiger partial charge is 0.233 e. The average Bonchev–Trinajstić information content (AvgIpc) is 2.40. The Labute approximate surface area is 114 Å². The summed E-state index contributed by atoms with van der Waals surface area (Å²) in [6.07, 6.45) is 1.40. The van der Waals surface area contributed by atoms with Crippen LogP contribution in [-0.2, 0) is 9.53 Å². The Morgan fingerprint density at radius 2 is 2.21 bits per heavy atom. The van der Waals surface area contributed by atoms with Crippen LogP contribution in [0, 0.1) is 10.8 Å². The van der Waals surface area contributed by atoms with E-state index in [1.807, 2.05) is 6.92 Å². The predicted molar refractivity (Wildman–Crippen MR) is 72.9 cm³/mol. The first kappa shape index (κ1) is 15.8. The van der Waals surface area contributed by atoms with E-state index in [9.17, 15) is 4.79 Å². The van der Waals surface area contributed by atoms with Crippen LogP contribution in [0.4, 0.5) is 0 Å². The van der Waals surface area contributed by atoms with Crippen LogP contribution >= 0.6 is 0 Å². The molecule has 0 heterocycles. The van der Waals surface area contributed by atoms with Crippen molar-refractivity contribution in [1.29, 1.82) is 0 Å². The highest BCUT2D eigenvalue weighted by Gasteiger charge is 2.50. The molecule has 1 amide bonds. The van der Waals surface area contributed by atoms with Crippen LogP contribution in [0.15, 0.2) is 5.16 Å². The van der Waals surface area contributed by atoms with Crippen molar-refractivity contribution in [3.05, 3.63) is 0 Å². The predicted octanol–water partition coefficient (Wildman–Crippen LogP) is 1.08. The molecule has 1 rings (SSSR count). The van der Waals surface area contributed by atoms with Gasteiger partial charge in [-0.05, 0) is 19.8 Å². The molecule has 0 saturated heterocycles. The van der Waals surface area contributed by atoms with Crippen molar-refractivity contribution in [2.24, 2.45) is 21.7 Å². The molecule has 0 aliphatic heterocycles. The maximum atomic E-state index is 12.4. The van der Waals surface area contributed by atoms with E-state index in [0.29, 0.717) is 6.42 Å². The van der Waals surface area contributed by atoms with E-state index in [1.54, 1.807) is 14.0 Å². The van der Waals surface area contributed by atoms with Crippen molar-refractivity contribution < 1.29 is 14.7 Å². The Morgan fingerprint density at radius 1 is 1.63 bits per heavy atom. The SMILES string of the molecule is CCC(C)(C(=O)NC1CC(OC)C1(C)C)C(N)=NO. The van der Waals surface area contributed by atoms with Gasteiger partial charge in [0.1, 0.15) is 5.41 Å². The fraction of sp³-hybridized carbons (Fsp3) is 0.846. The molecule has 0 aromatic carbocycles. The molecule has 110 valence electrons. The molecule has 0 radical (unpaired) electrons. The second kappa shape index (κ2) is 5.36. The number of carbonyl (C=O) groups is 1. The molecular weight excluding hydrogens is 246 g/mol. The van der Waals surface area contributed by atoms with Crippen molar-refractivity contribution >= 4 is 11.7 Å². The van der Waals surface area contributed by atoms with Gasteiger partial charge < -0.3 is 21.0 Å². The molecular formula is C13H25N3O3. The Morgan fingerprint density at radius 3 is 2.58 bits per heavy atom. The summed E-state index contributed by atoms with van der Waals surface area (Å²) in [6, 6.07) is 0.0438. The summed E-state index contributed by atoms with van der Waals surface area (Å²) in [6.45, 7) is 7.63. The summed E-state index contributed by atoms with van der Waals surface area (Å²) in [5.41, 5.74) is 4.54. The molecule has 1 aliphatic carbocycles. The fourth-order valence-corrected chi connectivity index (χ4v) is 2.42. The number of amides is 1. The number of methoxy groups -OCH3 is 1. The molecule has 1 aliphatic rings. The maximum Gasteiger partial charge on any atom is 0.233 e. The van der Waals surface area contributed by atoms with E-state index in [1.165, 1.54) is 0 Å². The van der Waals surface area contributed by atoms with E-state index >= 15 is 0 Å². The highest BCUT2D eigenvalue weighted by Crippen LogP contribution is 2.42. The van der Waals surface area contributed by atoms with Gasteiger partial charge in [-0.25, -0.2) is 0 Å². The first-order chi connectivity index (χ1) is 8.73. The number of oxime groups is 1. The van der Waals surface area contributed by atoms with Crippen LogP contribution < -0.4 is 11.1 Å². The minimum Gasteiger partial charge on any atom is -0.409 e. The van der Waals surface area contributed by atoms with Crippen LogP contribution in [0.5, 0.6) is 0 Å². The number of nitrogens with two attached hydrogens (primary N) is 1. The number of carbonyl (C=O) groups excluding carboxylic acids is 1. The lowest BCUT2D eigenvalue weighted by molar-refractivity contribution is -0.138. The summed E-state index contributed by atoms with van der Waals surface area (Å²) >= 11 is 0. The number of ether oxygens (including phenoxy) is 1. The van der Waals surface area contributed by atoms with Crippen LogP contribution in [0.2, 0.25) is 0 Å². The van der Waals surface area contributed by atoms with E-state index in [0.717, 1.165) is 6.42 Å². The van der Waals surface area contributed by atoms with Crippen molar-refractivity contribution in [2.75, 3.05) is 7.11 Å². The molecule has 6 heteroatoms. The van der Waals surface area contributed by atoms with E-state index < -0.39 is 5.41 Å². The van der Waals surface area contributed by atoms with Gasteiger partial charge in [-0.15, -0.1) is 0 Å². The number of amidine groups is 1. The molecule has 1 fully saturated rings. The normalized spacial score (nSPS) is 29.2. The van der Waals surface area contributed by atoms with Gasteiger partial charge in [-0.1, -0.05) is 25.9 Å². The average molecular weight is 271 g/mol. The zero-order chi connectivity index (χ0) is 14.8. The Hall–Kier alpha value is -1.30. The second-order valence-electron chi connectivity index (χ2n) is 5.98. The summed E-state index contributed by atoms with van der Waals surface area (Å²) in [4.78, 5) is 12.4. The maximum absolute atomic E-state index is 12.4. The number of rotatable bonds is 5. The molecule has 0 bridgehead atoms. The monoisotopic (exact) mass is 271 g/mol. The quantitative estimate of drug-likeness (QED) is 0.302. The van der Waals surface area contributed by atoms with Gasteiger partial charge in [0.25, 0.3) is 0 Å². The molecule has 0 aromatic rings. The van der Waals surface area contributed by atoms with Gasteiger partial charge in [0.2, 0.25) is 5.91 Å². The lowest BCUT2D eigenvalue weighted by atomic mass is 9.64. The zero-order valence-electron chi connectivity index (χ0n) is 12.4. The highest BCUT2D eigenvalue weighted by molar-refractivity contribution is 6.06. The topological polar surface area (TPSA) is 96.9 Å². The molecule has 0 aromatic heterocycles. The molecule has 6 nitrogen and oxygen atoms in total. The number of nitrogens with zero attached hydrogens (tertiary/aromatic N) is 1.